The maximum Gasteiger partial charge on any atom is 0.327 e. The highest BCUT2D eigenvalue weighted by Gasteiger charge is 2.44. The molecule has 2 aliphatic heterocycles. The molecule has 1 N–H and O–H groups in total. The number of rotatable bonds is 3. The second-order valence-electron chi connectivity index (χ2n) is 6.37. The Morgan fingerprint density at radius 2 is 2.10 bits per heavy atom. The molecule has 120 valence electrons. The molecule has 21 heavy (non-hydrogen) atoms. The number of urea groups is 1. The van der Waals surface area contributed by atoms with Gasteiger partial charge in [0.25, 0.3) is 0 Å². The van der Waals surface area contributed by atoms with Crippen molar-refractivity contribution in [3.63, 3.8) is 0 Å². The van der Waals surface area contributed by atoms with E-state index in [9.17, 15) is 14.7 Å². The summed E-state index contributed by atoms with van der Waals surface area (Å²) < 4.78 is 0. The first-order valence-corrected chi connectivity index (χ1v) is 8.92. The van der Waals surface area contributed by atoms with Crippen molar-refractivity contribution in [3.05, 3.63) is 0 Å². The van der Waals surface area contributed by atoms with Gasteiger partial charge in [0.15, 0.2) is 0 Å². The van der Waals surface area contributed by atoms with Crippen LogP contribution < -0.4 is 0 Å². The molecule has 2 rings (SSSR count). The summed E-state index contributed by atoms with van der Waals surface area (Å²) in [6.45, 7) is 7.78. The Balaban J connectivity index is 2.14. The van der Waals surface area contributed by atoms with E-state index in [4.69, 9.17) is 0 Å². The van der Waals surface area contributed by atoms with Gasteiger partial charge in [-0.05, 0) is 24.7 Å². The Kier molecular flexibility index (Phi) is 5.41. The molecule has 2 fully saturated rings. The Morgan fingerprint density at radius 3 is 2.67 bits per heavy atom. The molecule has 0 aliphatic carbocycles. The smallest absolute Gasteiger partial charge is 0.327 e. The van der Waals surface area contributed by atoms with Crippen LogP contribution in [0, 0.1) is 11.8 Å². The van der Waals surface area contributed by atoms with Crippen molar-refractivity contribution < 1.29 is 14.7 Å². The zero-order valence-corrected chi connectivity index (χ0v) is 13.9. The highest BCUT2D eigenvalue weighted by Crippen LogP contribution is 2.35. The van der Waals surface area contributed by atoms with Crippen molar-refractivity contribution >= 4 is 23.8 Å². The first kappa shape index (κ1) is 16.5. The number of carboxylic acids is 1. The highest BCUT2D eigenvalue weighted by atomic mass is 32.2. The van der Waals surface area contributed by atoms with Crippen LogP contribution in [-0.2, 0) is 4.79 Å². The summed E-state index contributed by atoms with van der Waals surface area (Å²) in [7, 11) is 0. The first-order chi connectivity index (χ1) is 9.95. The summed E-state index contributed by atoms with van der Waals surface area (Å²) in [4.78, 5) is 27.8. The van der Waals surface area contributed by atoms with Crippen molar-refractivity contribution in [2.24, 2.45) is 11.8 Å². The number of aliphatic carboxylic acids is 1. The summed E-state index contributed by atoms with van der Waals surface area (Å²) in [5.74, 6) is 0.423. The summed E-state index contributed by atoms with van der Waals surface area (Å²) in [6, 6.07) is -0.763. The number of carboxylic acid groups (broad SMARTS) is 1. The van der Waals surface area contributed by atoms with Gasteiger partial charge in [0, 0.05) is 18.8 Å². The van der Waals surface area contributed by atoms with E-state index in [-0.39, 0.29) is 17.3 Å². The predicted octanol–water partition coefficient (Wildman–Crippen LogP) is 2.71. The molecule has 6 heteroatoms. The Labute approximate surface area is 131 Å². The summed E-state index contributed by atoms with van der Waals surface area (Å²) in [6.07, 6.45) is 3.27. The van der Waals surface area contributed by atoms with Gasteiger partial charge < -0.3 is 10.0 Å². The van der Waals surface area contributed by atoms with Crippen molar-refractivity contribution in [1.82, 2.24) is 9.80 Å². The minimum Gasteiger partial charge on any atom is -0.480 e. The topological polar surface area (TPSA) is 60.9 Å². The lowest BCUT2D eigenvalue weighted by atomic mass is 9.96. The van der Waals surface area contributed by atoms with Crippen molar-refractivity contribution in [2.45, 2.75) is 51.4 Å². The lowest BCUT2D eigenvalue weighted by Crippen LogP contribution is -2.54. The van der Waals surface area contributed by atoms with Crippen LogP contribution in [0.5, 0.6) is 0 Å². The molecule has 3 atom stereocenters. The van der Waals surface area contributed by atoms with Crippen LogP contribution in [0.4, 0.5) is 4.79 Å². The minimum absolute atomic E-state index is 0.0272. The largest absolute Gasteiger partial charge is 0.480 e. The first-order valence-electron chi connectivity index (χ1n) is 7.87. The Morgan fingerprint density at radius 1 is 1.38 bits per heavy atom. The average Bonchev–Trinajstić information content (AvgIpc) is 2.91. The van der Waals surface area contributed by atoms with Crippen LogP contribution in [0.3, 0.4) is 0 Å². The average molecular weight is 314 g/mol. The highest BCUT2D eigenvalue weighted by molar-refractivity contribution is 8.00. The number of hydrogen-bond donors (Lipinski definition) is 1. The maximum absolute atomic E-state index is 12.9. The van der Waals surface area contributed by atoms with Crippen LogP contribution in [0.1, 0.15) is 40.0 Å². The SMILES string of the molecule is CCC1CCCN(C(=O)N2C(C(=O)O)CSC2C(C)C)C1. The molecule has 0 bridgehead atoms. The third kappa shape index (κ3) is 3.47. The summed E-state index contributed by atoms with van der Waals surface area (Å²) in [5, 5.41) is 9.38. The number of likely N-dealkylation sites (tertiary alicyclic amines) is 1. The van der Waals surface area contributed by atoms with Gasteiger partial charge in [-0.2, -0.15) is 0 Å². The van der Waals surface area contributed by atoms with Crippen LogP contribution in [0.25, 0.3) is 0 Å². The number of nitrogens with zero attached hydrogens (tertiary/aromatic N) is 2. The van der Waals surface area contributed by atoms with Crippen molar-refractivity contribution in [1.29, 1.82) is 0 Å². The van der Waals surface area contributed by atoms with Gasteiger partial charge in [-0.3, -0.25) is 4.90 Å². The number of amides is 2. The summed E-state index contributed by atoms with van der Waals surface area (Å²) in [5.41, 5.74) is 0. The molecule has 0 aromatic carbocycles. The Hall–Kier alpha value is -0.910. The maximum atomic E-state index is 12.9. The zero-order chi connectivity index (χ0) is 15.6. The zero-order valence-electron chi connectivity index (χ0n) is 13.1. The van der Waals surface area contributed by atoms with Gasteiger partial charge in [-0.25, -0.2) is 9.59 Å². The summed E-state index contributed by atoms with van der Waals surface area (Å²) >= 11 is 1.59. The van der Waals surface area contributed by atoms with Crippen molar-refractivity contribution in [2.75, 3.05) is 18.8 Å². The fourth-order valence-corrected chi connectivity index (χ4v) is 4.67. The molecular formula is C15H26N2O3S. The van der Waals surface area contributed by atoms with E-state index in [1.807, 2.05) is 18.7 Å². The normalized spacial score (nSPS) is 30.0. The molecular weight excluding hydrogens is 288 g/mol. The lowest BCUT2D eigenvalue weighted by Gasteiger charge is -2.38. The van der Waals surface area contributed by atoms with E-state index in [0.717, 1.165) is 25.9 Å². The third-order valence-electron chi connectivity index (χ3n) is 4.48. The van der Waals surface area contributed by atoms with E-state index in [2.05, 4.69) is 6.92 Å². The van der Waals surface area contributed by atoms with Gasteiger partial charge in [0.2, 0.25) is 0 Å². The van der Waals surface area contributed by atoms with Gasteiger partial charge in [-0.15, -0.1) is 11.8 Å². The van der Waals surface area contributed by atoms with E-state index < -0.39 is 12.0 Å². The molecule has 0 saturated carbocycles. The van der Waals surface area contributed by atoms with Gasteiger partial charge in [-0.1, -0.05) is 27.2 Å². The number of thioether (sulfide) groups is 1. The molecule has 0 radical (unpaired) electrons. The fourth-order valence-electron chi connectivity index (χ4n) is 3.21. The van der Waals surface area contributed by atoms with E-state index >= 15 is 0 Å². The van der Waals surface area contributed by atoms with Crippen LogP contribution in [0.15, 0.2) is 0 Å². The molecule has 0 aromatic rings. The van der Waals surface area contributed by atoms with E-state index in [1.54, 1.807) is 16.7 Å². The van der Waals surface area contributed by atoms with Gasteiger partial charge >= 0.3 is 12.0 Å². The number of carbonyl (C=O) groups is 2. The molecule has 2 aliphatic rings. The molecule has 2 heterocycles. The molecule has 5 nitrogen and oxygen atoms in total. The molecule has 3 unspecified atom stereocenters. The second-order valence-corrected chi connectivity index (χ2v) is 7.52. The third-order valence-corrected chi connectivity index (χ3v) is 6.10. The predicted molar refractivity (Wildman–Crippen MR) is 84.3 cm³/mol. The fraction of sp³-hybridized carbons (Fsp3) is 0.867. The lowest BCUT2D eigenvalue weighted by molar-refractivity contribution is -0.141. The number of piperidine rings is 1. The van der Waals surface area contributed by atoms with E-state index in [0.29, 0.717) is 11.7 Å². The van der Waals surface area contributed by atoms with Gasteiger partial charge in [0.05, 0.1) is 5.37 Å². The van der Waals surface area contributed by atoms with E-state index in [1.165, 1.54) is 6.42 Å². The quantitative estimate of drug-likeness (QED) is 0.870. The molecule has 2 amide bonds. The molecule has 0 aromatic heterocycles. The minimum atomic E-state index is -0.886. The van der Waals surface area contributed by atoms with Crippen LogP contribution >= 0.6 is 11.8 Å². The number of hydrogen-bond acceptors (Lipinski definition) is 3. The van der Waals surface area contributed by atoms with Crippen LogP contribution in [0.2, 0.25) is 0 Å². The molecule has 0 spiro atoms. The Bertz CT molecular complexity index is 402. The second kappa shape index (κ2) is 6.90. The van der Waals surface area contributed by atoms with Crippen molar-refractivity contribution in [3.8, 4) is 0 Å². The number of carbonyl (C=O) groups excluding carboxylic acids is 1. The monoisotopic (exact) mass is 314 g/mol. The molecule has 2 saturated heterocycles. The van der Waals surface area contributed by atoms with Gasteiger partial charge in [0.1, 0.15) is 6.04 Å². The standard InChI is InChI=1S/C15H26N2O3S/c1-4-11-6-5-7-16(8-11)15(20)17-12(14(18)19)9-21-13(17)10(2)3/h10-13H,4-9H2,1-3H3,(H,18,19). The van der Waals surface area contributed by atoms with Crippen LogP contribution in [-0.4, -0.2) is 57.2 Å².